The van der Waals surface area contributed by atoms with Crippen molar-refractivity contribution in [2.75, 3.05) is 32.8 Å². The van der Waals surface area contributed by atoms with E-state index in [2.05, 4.69) is 24.0 Å². The SMILES string of the molecule is Cc1ccc(OCCN2CCC(CCO)C2)cc1. The van der Waals surface area contributed by atoms with Crippen LogP contribution < -0.4 is 4.74 Å². The molecule has 1 unspecified atom stereocenters. The fourth-order valence-corrected chi connectivity index (χ4v) is 2.46. The van der Waals surface area contributed by atoms with E-state index in [1.54, 1.807) is 0 Å². The van der Waals surface area contributed by atoms with E-state index in [4.69, 9.17) is 9.84 Å². The van der Waals surface area contributed by atoms with Gasteiger partial charge >= 0.3 is 0 Å². The number of aryl methyl sites for hydroxylation is 1. The van der Waals surface area contributed by atoms with Crippen LogP contribution in [0.15, 0.2) is 24.3 Å². The Morgan fingerprint density at radius 3 is 2.83 bits per heavy atom. The Balaban J connectivity index is 1.65. The Morgan fingerprint density at radius 1 is 1.33 bits per heavy atom. The maximum atomic E-state index is 8.92. The first-order valence-electron chi connectivity index (χ1n) is 6.80. The number of nitrogens with zero attached hydrogens (tertiary/aromatic N) is 1. The summed E-state index contributed by atoms with van der Waals surface area (Å²) in [5.41, 5.74) is 1.26. The fraction of sp³-hybridized carbons (Fsp3) is 0.600. The van der Waals surface area contributed by atoms with Gasteiger partial charge in [0, 0.05) is 19.7 Å². The zero-order valence-corrected chi connectivity index (χ0v) is 11.1. The highest BCUT2D eigenvalue weighted by atomic mass is 16.5. The average molecular weight is 249 g/mol. The van der Waals surface area contributed by atoms with Gasteiger partial charge in [0.15, 0.2) is 0 Å². The monoisotopic (exact) mass is 249 g/mol. The molecule has 1 aromatic rings. The van der Waals surface area contributed by atoms with Crippen LogP contribution in [0.2, 0.25) is 0 Å². The van der Waals surface area contributed by atoms with Gasteiger partial charge in [0.05, 0.1) is 0 Å². The number of likely N-dealkylation sites (tertiary alicyclic amines) is 1. The molecule has 0 aromatic heterocycles. The van der Waals surface area contributed by atoms with Crippen LogP contribution in [0.3, 0.4) is 0 Å². The number of hydrogen-bond donors (Lipinski definition) is 1. The molecule has 1 N–H and O–H groups in total. The summed E-state index contributed by atoms with van der Waals surface area (Å²) < 4.78 is 5.73. The van der Waals surface area contributed by atoms with Crippen LogP contribution in [0.25, 0.3) is 0 Å². The van der Waals surface area contributed by atoms with Gasteiger partial charge in [-0.2, -0.15) is 0 Å². The molecule has 2 rings (SSSR count). The number of hydrogen-bond acceptors (Lipinski definition) is 3. The first kappa shape index (κ1) is 13.4. The maximum Gasteiger partial charge on any atom is 0.119 e. The summed E-state index contributed by atoms with van der Waals surface area (Å²) in [6, 6.07) is 8.19. The molecule has 0 bridgehead atoms. The van der Waals surface area contributed by atoms with Crippen LogP contribution in [-0.2, 0) is 0 Å². The fourth-order valence-electron chi connectivity index (χ4n) is 2.46. The molecule has 1 aromatic carbocycles. The quantitative estimate of drug-likeness (QED) is 0.838. The summed E-state index contributed by atoms with van der Waals surface area (Å²) >= 11 is 0. The third-order valence-electron chi connectivity index (χ3n) is 3.60. The van der Waals surface area contributed by atoms with E-state index in [1.165, 1.54) is 12.0 Å². The lowest BCUT2D eigenvalue weighted by Gasteiger charge is -2.16. The molecule has 0 radical (unpaired) electrons. The van der Waals surface area contributed by atoms with Crippen LogP contribution in [0, 0.1) is 12.8 Å². The van der Waals surface area contributed by atoms with E-state index in [0.717, 1.165) is 38.4 Å². The van der Waals surface area contributed by atoms with Gasteiger partial charge in [-0.1, -0.05) is 17.7 Å². The van der Waals surface area contributed by atoms with E-state index in [-0.39, 0.29) is 0 Å². The Hall–Kier alpha value is -1.06. The van der Waals surface area contributed by atoms with Gasteiger partial charge in [0.1, 0.15) is 12.4 Å². The Bertz CT molecular complexity index is 350. The van der Waals surface area contributed by atoms with Gasteiger partial charge < -0.3 is 9.84 Å². The van der Waals surface area contributed by atoms with Crippen LogP contribution >= 0.6 is 0 Å². The van der Waals surface area contributed by atoms with Gasteiger partial charge in [0.25, 0.3) is 0 Å². The highest BCUT2D eigenvalue weighted by molar-refractivity contribution is 5.26. The summed E-state index contributed by atoms with van der Waals surface area (Å²) in [6.07, 6.45) is 2.15. The molecule has 3 heteroatoms. The molecule has 1 saturated heterocycles. The van der Waals surface area contributed by atoms with E-state index in [9.17, 15) is 0 Å². The van der Waals surface area contributed by atoms with Crippen molar-refractivity contribution < 1.29 is 9.84 Å². The molecule has 0 aliphatic carbocycles. The lowest BCUT2D eigenvalue weighted by atomic mass is 10.1. The Labute approximate surface area is 109 Å². The number of rotatable bonds is 6. The van der Waals surface area contributed by atoms with E-state index < -0.39 is 0 Å². The lowest BCUT2D eigenvalue weighted by Crippen LogP contribution is -2.26. The second kappa shape index (κ2) is 6.76. The van der Waals surface area contributed by atoms with Crippen LogP contribution in [0.1, 0.15) is 18.4 Å². The summed E-state index contributed by atoms with van der Waals surface area (Å²) in [5, 5.41) is 8.92. The molecular formula is C15H23NO2. The maximum absolute atomic E-state index is 8.92. The molecule has 0 spiro atoms. The van der Waals surface area contributed by atoms with Crippen molar-refractivity contribution in [3.63, 3.8) is 0 Å². The standard InChI is InChI=1S/C15H23NO2/c1-13-2-4-15(5-3-13)18-11-9-16-8-6-14(12-16)7-10-17/h2-5,14,17H,6-12H2,1H3. The van der Waals surface area contributed by atoms with Gasteiger partial charge in [-0.3, -0.25) is 4.90 Å². The van der Waals surface area contributed by atoms with Crippen molar-refractivity contribution in [1.29, 1.82) is 0 Å². The highest BCUT2D eigenvalue weighted by Gasteiger charge is 2.21. The predicted octanol–water partition coefficient (Wildman–Crippen LogP) is 2.08. The van der Waals surface area contributed by atoms with E-state index >= 15 is 0 Å². The second-order valence-corrected chi connectivity index (χ2v) is 5.13. The Kier molecular flexibility index (Phi) is 5.02. The molecule has 0 amide bonds. The molecule has 1 fully saturated rings. The molecule has 100 valence electrons. The minimum atomic E-state index is 0.318. The topological polar surface area (TPSA) is 32.7 Å². The molecule has 3 nitrogen and oxygen atoms in total. The number of aliphatic hydroxyl groups excluding tert-OH is 1. The summed E-state index contributed by atoms with van der Waals surface area (Å²) in [4.78, 5) is 2.43. The third-order valence-corrected chi connectivity index (χ3v) is 3.60. The molecule has 1 atom stereocenters. The molecule has 0 saturated carbocycles. The van der Waals surface area contributed by atoms with Crippen LogP contribution in [0.5, 0.6) is 5.75 Å². The second-order valence-electron chi connectivity index (χ2n) is 5.13. The van der Waals surface area contributed by atoms with Crippen molar-refractivity contribution in [1.82, 2.24) is 4.90 Å². The molecule has 1 heterocycles. The summed E-state index contributed by atoms with van der Waals surface area (Å²) in [5.74, 6) is 1.63. The normalized spacial score (nSPS) is 20.2. The van der Waals surface area contributed by atoms with Gasteiger partial charge in [0.2, 0.25) is 0 Å². The van der Waals surface area contributed by atoms with Gasteiger partial charge in [-0.15, -0.1) is 0 Å². The van der Waals surface area contributed by atoms with Crippen molar-refractivity contribution >= 4 is 0 Å². The number of aliphatic hydroxyl groups is 1. The molecule has 18 heavy (non-hydrogen) atoms. The minimum Gasteiger partial charge on any atom is -0.492 e. The summed E-state index contributed by atoms with van der Waals surface area (Å²) in [6.45, 7) is 6.37. The average Bonchev–Trinajstić information content (AvgIpc) is 2.80. The molecule has 1 aliphatic heterocycles. The van der Waals surface area contributed by atoms with Crippen molar-refractivity contribution in [2.45, 2.75) is 19.8 Å². The number of ether oxygens (including phenoxy) is 1. The van der Waals surface area contributed by atoms with Crippen LogP contribution in [-0.4, -0.2) is 42.9 Å². The van der Waals surface area contributed by atoms with Gasteiger partial charge in [-0.05, 0) is 44.4 Å². The highest BCUT2D eigenvalue weighted by Crippen LogP contribution is 2.19. The molecular weight excluding hydrogens is 226 g/mol. The van der Waals surface area contributed by atoms with Crippen LogP contribution in [0.4, 0.5) is 0 Å². The lowest BCUT2D eigenvalue weighted by molar-refractivity contribution is 0.222. The smallest absolute Gasteiger partial charge is 0.119 e. The van der Waals surface area contributed by atoms with Crippen molar-refractivity contribution in [3.8, 4) is 5.75 Å². The minimum absolute atomic E-state index is 0.318. The molecule has 1 aliphatic rings. The summed E-state index contributed by atoms with van der Waals surface area (Å²) in [7, 11) is 0. The van der Waals surface area contributed by atoms with E-state index in [1.807, 2.05) is 12.1 Å². The van der Waals surface area contributed by atoms with Crippen molar-refractivity contribution in [2.24, 2.45) is 5.92 Å². The first-order chi connectivity index (χ1) is 8.78. The Morgan fingerprint density at radius 2 is 2.11 bits per heavy atom. The van der Waals surface area contributed by atoms with Crippen molar-refractivity contribution in [3.05, 3.63) is 29.8 Å². The number of benzene rings is 1. The zero-order valence-electron chi connectivity index (χ0n) is 11.1. The van der Waals surface area contributed by atoms with Gasteiger partial charge in [-0.25, -0.2) is 0 Å². The zero-order chi connectivity index (χ0) is 12.8. The predicted molar refractivity (Wildman–Crippen MR) is 72.9 cm³/mol. The largest absolute Gasteiger partial charge is 0.492 e. The third kappa shape index (κ3) is 4.00. The van der Waals surface area contributed by atoms with E-state index in [0.29, 0.717) is 12.5 Å². The first-order valence-corrected chi connectivity index (χ1v) is 6.80.